The average molecular weight is 251 g/mol. The maximum Gasteiger partial charge on any atom is 0.131 e. The maximum atomic E-state index is 13.7. The molecular formula is C15H22FNO. The van der Waals surface area contributed by atoms with Gasteiger partial charge >= 0.3 is 0 Å². The molecule has 1 aromatic rings. The Morgan fingerprint density at radius 3 is 2.78 bits per heavy atom. The lowest BCUT2D eigenvalue weighted by atomic mass is 10.00. The van der Waals surface area contributed by atoms with Crippen molar-refractivity contribution in [1.82, 2.24) is 0 Å². The Labute approximate surface area is 109 Å². The summed E-state index contributed by atoms with van der Waals surface area (Å²) in [5, 5.41) is 0. The Kier molecular flexibility index (Phi) is 6.44. The smallest absolute Gasteiger partial charge is 0.131 e. The average Bonchev–Trinajstić information content (AvgIpc) is 2.38. The predicted octanol–water partition coefficient (Wildman–Crippen LogP) is 3.97. The van der Waals surface area contributed by atoms with Gasteiger partial charge in [0.25, 0.3) is 0 Å². The number of allylic oxidation sites excluding steroid dienone is 1. The monoisotopic (exact) mass is 251 g/mol. The van der Waals surface area contributed by atoms with Crippen LogP contribution in [0.3, 0.4) is 0 Å². The summed E-state index contributed by atoms with van der Waals surface area (Å²) in [6.07, 6.45) is 7.01. The van der Waals surface area contributed by atoms with Crippen LogP contribution in [0.5, 0.6) is 5.75 Å². The van der Waals surface area contributed by atoms with E-state index in [4.69, 9.17) is 10.5 Å². The molecule has 0 aromatic heterocycles. The number of unbranched alkanes of at least 4 members (excludes halogenated alkanes) is 3. The molecular weight excluding hydrogens is 229 g/mol. The molecule has 1 rings (SSSR count). The van der Waals surface area contributed by atoms with Crippen LogP contribution in [0.4, 0.5) is 4.39 Å². The molecule has 0 spiro atoms. The van der Waals surface area contributed by atoms with Crippen molar-refractivity contribution < 1.29 is 9.13 Å². The zero-order valence-corrected chi connectivity index (χ0v) is 11.0. The highest BCUT2D eigenvalue weighted by Crippen LogP contribution is 2.24. The summed E-state index contributed by atoms with van der Waals surface area (Å²) in [6.45, 7) is 3.68. The van der Waals surface area contributed by atoms with Gasteiger partial charge in [0.2, 0.25) is 0 Å². The molecule has 0 fully saturated rings. The van der Waals surface area contributed by atoms with Crippen LogP contribution in [0.25, 0.3) is 0 Å². The minimum Gasteiger partial charge on any atom is -0.497 e. The summed E-state index contributed by atoms with van der Waals surface area (Å²) in [6, 6.07) is 4.60. The summed E-state index contributed by atoms with van der Waals surface area (Å²) in [5.74, 6) is 0.238. The minimum absolute atomic E-state index is 0.236. The Morgan fingerprint density at radius 2 is 2.17 bits per heavy atom. The second-order valence-corrected chi connectivity index (χ2v) is 4.42. The van der Waals surface area contributed by atoms with Gasteiger partial charge in [0.1, 0.15) is 11.6 Å². The molecule has 0 aliphatic heterocycles. The van der Waals surface area contributed by atoms with Crippen molar-refractivity contribution in [2.45, 2.75) is 38.1 Å². The fourth-order valence-corrected chi connectivity index (χ4v) is 1.92. The quantitative estimate of drug-likeness (QED) is 0.560. The van der Waals surface area contributed by atoms with Gasteiger partial charge in [-0.1, -0.05) is 25.0 Å². The highest BCUT2D eigenvalue weighted by molar-refractivity contribution is 5.30. The third-order valence-electron chi connectivity index (χ3n) is 3.03. The number of hydrogen-bond donors (Lipinski definition) is 1. The van der Waals surface area contributed by atoms with E-state index in [2.05, 4.69) is 6.58 Å². The van der Waals surface area contributed by atoms with Gasteiger partial charge in [-0.2, -0.15) is 0 Å². The third kappa shape index (κ3) is 4.49. The number of benzene rings is 1. The molecule has 0 saturated carbocycles. The van der Waals surface area contributed by atoms with E-state index in [9.17, 15) is 4.39 Å². The molecule has 3 heteroatoms. The summed E-state index contributed by atoms with van der Waals surface area (Å²) in [5.41, 5.74) is 6.57. The Balaban J connectivity index is 2.45. The topological polar surface area (TPSA) is 35.2 Å². The van der Waals surface area contributed by atoms with Crippen LogP contribution in [0.1, 0.15) is 43.7 Å². The van der Waals surface area contributed by atoms with Crippen LogP contribution in [-0.2, 0) is 0 Å². The van der Waals surface area contributed by atoms with Crippen molar-refractivity contribution in [1.29, 1.82) is 0 Å². The van der Waals surface area contributed by atoms with E-state index in [1.807, 2.05) is 6.08 Å². The molecule has 2 N–H and O–H groups in total. The minimum atomic E-state index is -0.284. The number of methoxy groups -OCH3 is 1. The second kappa shape index (κ2) is 7.88. The van der Waals surface area contributed by atoms with E-state index >= 15 is 0 Å². The first-order valence-corrected chi connectivity index (χ1v) is 6.39. The van der Waals surface area contributed by atoms with E-state index in [1.54, 1.807) is 12.1 Å². The Bertz CT molecular complexity index is 379. The van der Waals surface area contributed by atoms with E-state index in [-0.39, 0.29) is 11.9 Å². The van der Waals surface area contributed by atoms with E-state index in [0.717, 1.165) is 32.1 Å². The molecule has 0 saturated heterocycles. The van der Waals surface area contributed by atoms with E-state index in [0.29, 0.717) is 11.3 Å². The van der Waals surface area contributed by atoms with Crippen molar-refractivity contribution >= 4 is 0 Å². The predicted molar refractivity (Wildman–Crippen MR) is 73.2 cm³/mol. The van der Waals surface area contributed by atoms with Crippen molar-refractivity contribution in [2.75, 3.05) is 7.11 Å². The van der Waals surface area contributed by atoms with Crippen LogP contribution >= 0.6 is 0 Å². The number of hydrogen-bond acceptors (Lipinski definition) is 2. The largest absolute Gasteiger partial charge is 0.497 e. The van der Waals surface area contributed by atoms with Crippen LogP contribution in [-0.4, -0.2) is 7.11 Å². The number of halogens is 1. The molecule has 0 amide bonds. The Morgan fingerprint density at radius 1 is 1.39 bits per heavy atom. The van der Waals surface area contributed by atoms with E-state index < -0.39 is 0 Å². The van der Waals surface area contributed by atoms with Crippen molar-refractivity contribution in [3.8, 4) is 5.75 Å². The summed E-state index contributed by atoms with van der Waals surface area (Å²) in [7, 11) is 1.52. The molecule has 2 nitrogen and oxygen atoms in total. The first-order valence-electron chi connectivity index (χ1n) is 6.39. The molecule has 0 bridgehead atoms. The van der Waals surface area contributed by atoms with Gasteiger partial charge < -0.3 is 10.5 Å². The van der Waals surface area contributed by atoms with Gasteiger partial charge in [0.15, 0.2) is 0 Å². The summed E-state index contributed by atoms with van der Waals surface area (Å²) < 4.78 is 18.7. The molecule has 100 valence electrons. The van der Waals surface area contributed by atoms with Crippen LogP contribution < -0.4 is 10.5 Å². The maximum absolute atomic E-state index is 13.7. The first kappa shape index (κ1) is 14.7. The van der Waals surface area contributed by atoms with Gasteiger partial charge in [-0.3, -0.25) is 0 Å². The van der Waals surface area contributed by atoms with Crippen molar-refractivity contribution in [2.24, 2.45) is 5.73 Å². The standard InChI is InChI=1S/C15H22FNO/c1-3-4-5-6-7-8-15(17)13-10-9-12(18-2)11-14(13)16/h3,9-11,15H,1,4-8,17H2,2H3. The number of nitrogens with two attached hydrogens (primary N) is 1. The van der Waals surface area contributed by atoms with Gasteiger partial charge in [-0.25, -0.2) is 4.39 Å². The Hall–Kier alpha value is -1.35. The molecule has 0 aliphatic rings. The molecule has 0 radical (unpaired) electrons. The normalized spacial score (nSPS) is 12.2. The van der Waals surface area contributed by atoms with Gasteiger partial charge in [0.05, 0.1) is 7.11 Å². The van der Waals surface area contributed by atoms with Gasteiger partial charge in [-0.15, -0.1) is 6.58 Å². The fraction of sp³-hybridized carbons (Fsp3) is 0.467. The fourth-order valence-electron chi connectivity index (χ4n) is 1.92. The molecule has 0 heterocycles. The lowest BCUT2D eigenvalue weighted by molar-refractivity contribution is 0.409. The number of rotatable bonds is 8. The van der Waals surface area contributed by atoms with Crippen LogP contribution in [0, 0.1) is 5.82 Å². The number of ether oxygens (including phenoxy) is 1. The highest BCUT2D eigenvalue weighted by atomic mass is 19.1. The van der Waals surface area contributed by atoms with Crippen LogP contribution in [0.15, 0.2) is 30.9 Å². The second-order valence-electron chi connectivity index (χ2n) is 4.42. The van der Waals surface area contributed by atoms with Crippen LogP contribution in [0.2, 0.25) is 0 Å². The summed E-state index contributed by atoms with van der Waals surface area (Å²) in [4.78, 5) is 0. The third-order valence-corrected chi connectivity index (χ3v) is 3.03. The zero-order chi connectivity index (χ0) is 13.4. The molecule has 1 aromatic carbocycles. The lowest BCUT2D eigenvalue weighted by Gasteiger charge is -2.13. The van der Waals surface area contributed by atoms with Gasteiger partial charge in [0, 0.05) is 17.7 Å². The molecule has 0 aliphatic carbocycles. The SMILES string of the molecule is C=CCCCCCC(N)c1ccc(OC)cc1F. The lowest BCUT2D eigenvalue weighted by Crippen LogP contribution is -2.12. The molecule has 18 heavy (non-hydrogen) atoms. The van der Waals surface area contributed by atoms with E-state index in [1.165, 1.54) is 13.2 Å². The van der Waals surface area contributed by atoms with Gasteiger partial charge in [-0.05, 0) is 25.3 Å². The van der Waals surface area contributed by atoms with Crippen molar-refractivity contribution in [3.05, 3.63) is 42.2 Å². The van der Waals surface area contributed by atoms with Crippen molar-refractivity contribution in [3.63, 3.8) is 0 Å². The highest BCUT2D eigenvalue weighted by Gasteiger charge is 2.11. The first-order chi connectivity index (χ1) is 8.69. The molecule has 1 unspecified atom stereocenters. The summed E-state index contributed by atoms with van der Waals surface area (Å²) >= 11 is 0. The zero-order valence-electron chi connectivity index (χ0n) is 11.0. The molecule has 1 atom stereocenters.